The minimum atomic E-state index is -3.80. The Morgan fingerprint density at radius 1 is 1.00 bits per heavy atom. The molecule has 0 atom stereocenters. The summed E-state index contributed by atoms with van der Waals surface area (Å²) in [5.41, 5.74) is 0.956. The van der Waals surface area contributed by atoms with Gasteiger partial charge in [-0.15, -0.1) is 0 Å². The van der Waals surface area contributed by atoms with Crippen LogP contribution in [0.5, 0.6) is 0 Å². The van der Waals surface area contributed by atoms with E-state index in [-0.39, 0.29) is 36.8 Å². The van der Waals surface area contributed by atoms with Crippen molar-refractivity contribution in [1.29, 1.82) is 0 Å². The molecule has 0 saturated carbocycles. The van der Waals surface area contributed by atoms with Crippen molar-refractivity contribution in [3.8, 4) is 0 Å². The van der Waals surface area contributed by atoms with Gasteiger partial charge >= 0.3 is 0 Å². The number of halogens is 2. The molecule has 13 heteroatoms. The first-order valence-electron chi connectivity index (χ1n) is 10.9. The smallest absolute Gasteiger partial charge is 0.279 e. The fourth-order valence-corrected chi connectivity index (χ4v) is 6.66. The fraction of sp³-hybridized carbons (Fsp3) is 0.391. The van der Waals surface area contributed by atoms with Gasteiger partial charge in [-0.2, -0.15) is 9.30 Å². The predicted molar refractivity (Wildman–Crippen MR) is 141 cm³/mol. The average molecular weight is 577 g/mol. The third-order valence-corrected chi connectivity index (χ3v) is 8.68. The van der Waals surface area contributed by atoms with E-state index in [0.29, 0.717) is 33.5 Å². The molecule has 196 valence electrons. The van der Waals surface area contributed by atoms with Gasteiger partial charge in [0.15, 0.2) is 4.80 Å². The Balaban J connectivity index is 1.94. The number of hydrogen-bond acceptors (Lipinski definition) is 7. The molecule has 3 aromatic rings. The Morgan fingerprint density at radius 3 is 2.19 bits per heavy atom. The number of hydrogen-bond donors (Lipinski definition) is 0. The highest BCUT2D eigenvalue weighted by atomic mass is 35.5. The number of aromatic nitrogens is 1. The van der Waals surface area contributed by atoms with Gasteiger partial charge < -0.3 is 18.8 Å². The Labute approximate surface area is 223 Å². The third kappa shape index (κ3) is 6.73. The maximum absolute atomic E-state index is 13.1. The van der Waals surface area contributed by atoms with Gasteiger partial charge in [0.05, 0.1) is 40.0 Å². The van der Waals surface area contributed by atoms with Crippen molar-refractivity contribution in [3.05, 3.63) is 56.8 Å². The second-order valence-corrected chi connectivity index (χ2v) is 11.4. The zero-order valence-corrected chi connectivity index (χ0v) is 23.2. The molecule has 0 unspecified atom stereocenters. The monoisotopic (exact) mass is 575 g/mol. The van der Waals surface area contributed by atoms with Crippen molar-refractivity contribution in [3.63, 3.8) is 0 Å². The van der Waals surface area contributed by atoms with E-state index in [1.54, 1.807) is 19.2 Å². The van der Waals surface area contributed by atoms with Gasteiger partial charge in [-0.3, -0.25) is 4.79 Å². The van der Waals surface area contributed by atoms with E-state index >= 15 is 0 Å². The summed E-state index contributed by atoms with van der Waals surface area (Å²) in [4.78, 5) is 17.8. The molecule has 1 aromatic heterocycles. The van der Waals surface area contributed by atoms with Gasteiger partial charge in [-0.1, -0.05) is 34.5 Å². The maximum atomic E-state index is 13.1. The molecule has 0 aliphatic heterocycles. The molecule has 0 saturated heterocycles. The molecule has 0 aliphatic rings. The van der Waals surface area contributed by atoms with Crippen LogP contribution >= 0.6 is 34.5 Å². The molecular formula is C23H27Cl2N3O6S2. The maximum Gasteiger partial charge on any atom is 0.279 e. The molecule has 0 N–H and O–H groups in total. The number of ether oxygens (including phenoxy) is 3. The second-order valence-electron chi connectivity index (χ2n) is 7.59. The number of sulfonamides is 1. The van der Waals surface area contributed by atoms with E-state index in [2.05, 4.69) is 4.99 Å². The van der Waals surface area contributed by atoms with Crippen molar-refractivity contribution in [2.24, 2.45) is 4.99 Å². The first-order chi connectivity index (χ1) is 17.2. The SMILES string of the molecule is COCCN(CCOC)S(=O)(=O)c1ccc(C(=O)N=c2sc3cc(Cl)cc(Cl)c3n2CCOC)cc1. The number of amides is 1. The molecule has 2 aromatic carbocycles. The first kappa shape index (κ1) is 28.7. The molecule has 0 fully saturated rings. The summed E-state index contributed by atoms with van der Waals surface area (Å²) >= 11 is 13.8. The van der Waals surface area contributed by atoms with Crippen LogP contribution in [0.3, 0.4) is 0 Å². The number of rotatable bonds is 12. The summed E-state index contributed by atoms with van der Waals surface area (Å²) < 4.78 is 45.3. The van der Waals surface area contributed by atoms with Gasteiger partial charge in [-0.25, -0.2) is 8.42 Å². The van der Waals surface area contributed by atoms with Crippen molar-refractivity contribution in [1.82, 2.24) is 8.87 Å². The van der Waals surface area contributed by atoms with E-state index in [9.17, 15) is 13.2 Å². The van der Waals surface area contributed by atoms with Crippen LogP contribution < -0.4 is 4.80 Å². The largest absolute Gasteiger partial charge is 0.383 e. The van der Waals surface area contributed by atoms with Gasteiger partial charge in [0.1, 0.15) is 0 Å². The summed E-state index contributed by atoms with van der Waals surface area (Å²) in [6.07, 6.45) is 0. The second kappa shape index (κ2) is 13.1. The molecule has 0 aliphatic carbocycles. The van der Waals surface area contributed by atoms with Crippen LogP contribution in [-0.4, -0.2) is 77.4 Å². The minimum Gasteiger partial charge on any atom is -0.383 e. The minimum absolute atomic E-state index is 0.0599. The normalized spacial score (nSPS) is 12.7. The lowest BCUT2D eigenvalue weighted by Crippen LogP contribution is -2.36. The molecule has 1 amide bonds. The molecule has 3 rings (SSSR count). The Kier molecular flexibility index (Phi) is 10.5. The van der Waals surface area contributed by atoms with Crippen LogP contribution in [0.15, 0.2) is 46.3 Å². The molecular weight excluding hydrogens is 549 g/mol. The van der Waals surface area contributed by atoms with E-state index in [4.69, 9.17) is 37.4 Å². The zero-order chi connectivity index (χ0) is 26.3. The Hall–Kier alpha value is -1.83. The van der Waals surface area contributed by atoms with Crippen molar-refractivity contribution < 1.29 is 27.4 Å². The van der Waals surface area contributed by atoms with Crippen LogP contribution in [0.2, 0.25) is 10.0 Å². The Bertz CT molecular complexity index is 1360. The standard InChI is InChI=1S/C23H27Cl2N3O6S2/c1-32-11-8-27(9-12-33-2)36(30,31)18-6-4-16(5-7-18)22(29)26-23-28(10-13-34-3)21-19(25)14-17(24)15-20(21)35-23/h4-7,14-15H,8-13H2,1-3H3. The van der Waals surface area contributed by atoms with Gasteiger partial charge in [0.2, 0.25) is 10.0 Å². The van der Waals surface area contributed by atoms with Crippen molar-refractivity contribution in [2.75, 3.05) is 54.2 Å². The molecule has 0 radical (unpaired) electrons. The van der Waals surface area contributed by atoms with E-state index in [0.717, 1.165) is 4.70 Å². The number of nitrogens with zero attached hydrogens (tertiary/aromatic N) is 3. The number of carbonyl (C=O) groups is 1. The highest BCUT2D eigenvalue weighted by Crippen LogP contribution is 2.29. The van der Waals surface area contributed by atoms with Gasteiger partial charge in [-0.05, 0) is 36.4 Å². The number of thiazole rings is 1. The third-order valence-electron chi connectivity index (χ3n) is 5.24. The average Bonchev–Trinajstić information content (AvgIpc) is 3.19. The lowest BCUT2D eigenvalue weighted by molar-refractivity contribution is 0.0997. The highest BCUT2D eigenvalue weighted by Gasteiger charge is 2.24. The molecule has 0 bridgehead atoms. The van der Waals surface area contributed by atoms with Crippen LogP contribution in [0.1, 0.15) is 10.4 Å². The summed E-state index contributed by atoms with van der Waals surface area (Å²) in [6.45, 7) is 1.66. The summed E-state index contributed by atoms with van der Waals surface area (Å²) in [6, 6.07) is 9.07. The fourth-order valence-electron chi connectivity index (χ4n) is 3.41. The molecule has 36 heavy (non-hydrogen) atoms. The van der Waals surface area contributed by atoms with Crippen molar-refractivity contribution >= 4 is 60.7 Å². The molecule has 0 spiro atoms. The molecule has 9 nitrogen and oxygen atoms in total. The van der Waals surface area contributed by atoms with Crippen LogP contribution in [0, 0.1) is 0 Å². The van der Waals surface area contributed by atoms with Crippen LogP contribution in [-0.2, 0) is 30.8 Å². The lowest BCUT2D eigenvalue weighted by Gasteiger charge is -2.21. The summed E-state index contributed by atoms with van der Waals surface area (Å²) in [5.74, 6) is -0.519. The molecule has 1 heterocycles. The van der Waals surface area contributed by atoms with E-state index in [1.165, 1.54) is 54.1 Å². The zero-order valence-electron chi connectivity index (χ0n) is 20.1. The van der Waals surface area contributed by atoms with E-state index in [1.807, 2.05) is 4.57 Å². The first-order valence-corrected chi connectivity index (χ1v) is 13.9. The lowest BCUT2D eigenvalue weighted by atomic mass is 10.2. The quantitative estimate of drug-likeness (QED) is 0.326. The predicted octanol–water partition coefficient (Wildman–Crippen LogP) is 3.68. The van der Waals surface area contributed by atoms with E-state index < -0.39 is 15.9 Å². The van der Waals surface area contributed by atoms with Crippen LogP contribution in [0.4, 0.5) is 0 Å². The summed E-state index contributed by atoms with van der Waals surface area (Å²) in [5, 5.41) is 0.923. The van der Waals surface area contributed by atoms with Gasteiger partial charge in [0, 0.05) is 51.5 Å². The number of benzene rings is 2. The number of fused-ring (bicyclic) bond motifs is 1. The summed E-state index contributed by atoms with van der Waals surface area (Å²) in [7, 11) is 0.785. The van der Waals surface area contributed by atoms with Crippen LogP contribution in [0.25, 0.3) is 10.2 Å². The number of carbonyl (C=O) groups excluding carboxylic acids is 1. The highest BCUT2D eigenvalue weighted by molar-refractivity contribution is 7.89. The number of methoxy groups -OCH3 is 3. The van der Waals surface area contributed by atoms with Gasteiger partial charge in [0.25, 0.3) is 5.91 Å². The Morgan fingerprint density at radius 2 is 1.61 bits per heavy atom. The topological polar surface area (TPSA) is 99.4 Å². The van der Waals surface area contributed by atoms with Crippen molar-refractivity contribution in [2.45, 2.75) is 11.4 Å².